The Hall–Kier alpha value is -1.45. The van der Waals surface area contributed by atoms with Gasteiger partial charge in [-0.3, -0.25) is 4.79 Å². The molecule has 0 aromatic carbocycles. The van der Waals surface area contributed by atoms with E-state index in [0.717, 1.165) is 6.54 Å². The fraction of sp³-hybridized carbons (Fsp3) is 0.500. The normalized spacial score (nSPS) is 16.0. The largest absolute Gasteiger partial charge is 0.350 e. The Balaban J connectivity index is 1.83. The topological polar surface area (TPSA) is 54.9 Å². The molecule has 1 aromatic rings. The predicted molar refractivity (Wildman–Crippen MR) is 51.7 cm³/mol. The molecule has 2 rings (SSSR count). The second-order valence-electron chi connectivity index (χ2n) is 3.62. The van der Waals surface area contributed by atoms with Crippen LogP contribution in [0.4, 0.5) is 0 Å². The summed E-state index contributed by atoms with van der Waals surface area (Å²) in [6, 6.07) is 3.38. The summed E-state index contributed by atoms with van der Waals surface area (Å²) in [5, 5.41) is 10.3. The molecule has 14 heavy (non-hydrogen) atoms. The number of carbonyl (C=O) groups excluding carboxylic acids is 1. The number of hydrogen-bond acceptors (Lipinski definition) is 3. The summed E-state index contributed by atoms with van der Waals surface area (Å²) in [5.41, 5.74) is 0.395. The van der Waals surface area contributed by atoms with Crippen LogP contribution in [-0.2, 0) is 0 Å². The average Bonchev–Trinajstić information content (AvgIpc) is 2.16. The number of amides is 1. The van der Waals surface area contributed by atoms with Gasteiger partial charge in [-0.1, -0.05) is 6.42 Å². The highest BCUT2D eigenvalue weighted by atomic mass is 16.1. The summed E-state index contributed by atoms with van der Waals surface area (Å²) in [6.45, 7) is 0.773. The number of rotatable bonds is 3. The van der Waals surface area contributed by atoms with E-state index in [0.29, 0.717) is 11.6 Å². The molecule has 1 aliphatic carbocycles. The molecule has 1 aromatic heterocycles. The maximum absolute atomic E-state index is 11.5. The molecule has 1 fully saturated rings. The first-order valence-corrected chi connectivity index (χ1v) is 4.92. The molecule has 0 aliphatic heterocycles. The van der Waals surface area contributed by atoms with Gasteiger partial charge < -0.3 is 5.32 Å². The van der Waals surface area contributed by atoms with Crippen molar-refractivity contribution in [1.29, 1.82) is 0 Å². The molecule has 0 bridgehead atoms. The number of carbonyl (C=O) groups is 1. The van der Waals surface area contributed by atoms with Crippen molar-refractivity contribution in [2.75, 3.05) is 6.54 Å². The van der Waals surface area contributed by atoms with Crippen LogP contribution in [0.15, 0.2) is 18.3 Å². The monoisotopic (exact) mass is 191 g/mol. The molecule has 1 saturated carbocycles. The van der Waals surface area contributed by atoms with Gasteiger partial charge in [0.05, 0.1) is 0 Å². The van der Waals surface area contributed by atoms with Gasteiger partial charge >= 0.3 is 0 Å². The van der Waals surface area contributed by atoms with E-state index < -0.39 is 0 Å². The molecule has 1 heterocycles. The number of nitrogens with one attached hydrogen (secondary N) is 1. The fourth-order valence-corrected chi connectivity index (χ4v) is 1.45. The minimum absolute atomic E-state index is 0.120. The highest BCUT2D eigenvalue weighted by Crippen LogP contribution is 2.25. The van der Waals surface area contributed by atoms with E-state index >= 15 is 0 Å². The molecule has 0 unspecified atom stereocenters. The molecule has 1 amide bonds. The summed E-state index contributed by atoms with van der Waals surface area (Å²) in [7, 11) is 0. The molecule has 4 nitrogen and oxygen atoms in total. The number of hydrogen-bond donors (Lipinski definition) is 1. The van der Waals surface area contributed by atoms with Gasteiger partial charge in [0.2, 0.25) is 0 Å². The third kappa shape index (κ3) is 2.07. The van der Waals surface area contributed by atoms with Gasteiger partial charge in [0.15, 0.2) is 5.69 Å². The highest BCUT2D eigenvalue weighted by Gasteiger charge is 2.18. The van der Waals surface area contributed by atoms with Gasteiger partial charge in [0.25, 0.3) is 5.91 Å². The molecule has 0 spiro atoms. The van der Waals surface area contributed by atoms with E-state index in [2.05, 4.69) is 15.5 Å². The number of nitrogens with zero attached hydrogens (tertiary/aromatic N) is 2. The van der Waals surface area contributed by atoms with Gasteiger partial charge in [-0.05, 0) is 30.9 Å². The van der Waals surface area contributed by atoms with E-state index in [1.807, 2.05) is 0 Å². The summed E-state index contributed by atoms with van der Waals surface area (Å²) in [4.78, 5) is 11.5. The van der Waals surface area contributed by atoms with Gasteiger partial charge in [0.1, 0.15) is 0 Å². The van der Waals surface area contributed by atoms with E-state index in [9.17, 15) is 4.79 Å². The lowest BCUT2D eigenvalue weighted by molar-refractivity contribution is 0.0933. The van der Waals surface area contributed by atoms with Gasteiger partial charge in [-0.2, -0.15) is 5.10 Å². The van der Waals surface area contributed by atoms with Crippen molar-refractivity contribution >= 4 is 5.91 Å². The van der Waals surface area contributed by atoms with Crippen molar-refractivity contribution in [1.82, 2.24) is 15.5 Å². The van der Waals surface area contributed by atoms with Crippen LogP contribution >= 0.6 is 0 Å². The first kappa shape index (κ1) is 9.12. The Kier molecular flexibility index (Phi) is 2.72. The fourth-order valence-electron chi connectivity index (χ4n) is 1.45. The SMILES string of the molecule is O=C(NCC1CCC1)c1cccnn1. The van der Waals surface area contributed by atoms with Crippen LogP contribution in [0.25, 0.3) is 0 Å². The molecule has 0 saturated heterocycles. The minimum Gasteiger partial charge on any atom is -0.350 e. The first-order valence-electron chi connectivity index (χ1n) is 4.92. The average molecular weight is 191 g/mol. The molecule has 1 N–H and O–H groups in total. The van der Waals surface area contributed by atoms with Crippen molar-refractivity contribution < 1.29 is 4.79 Å². The summed E-state index contributed by atoms with van der Waals surface area (Å²) >= 11 is 0. The van der Waals surface area contributed by atoms with Crippen LogP contribution in [0.2, 0.25) is 0 Å². The molecule has 74 valence electrons. The second-order valence-corrected chi connectivity index (χ2v) is 3.62. The Morgan fingerprint density at radius 3 is 3.00 bits per heavy atom. The quantitative estimate of drug-likeness (QED) is 0.775. The first-order chi connectivity index (χ1) is 6.86. The van der Waals surface area contributed by atoms with Crippen LogP contribution in [0, 0.1) is 5.92 Å². The number of aromatic nitrogens is 2. The maximum atomic E-state index is 11.5. The molecular formula is C10H13N3O. The zero-order valence-corrected chi connectivity index (χ0v) is 7.94. The highest BCUT2D eigenvalue weighted by molar-refractivity contribution is 5.91. The van der Waals surface area contributed by atoms with Crippen molar-refractivity contribution in [3.05, 3.63) is 24.0 Å². The predicted octanol–water partition coefficient (Wildman–Crippen LogP) is 1.01. The van der Waals surface area contributed by atoms with Crippen LogP contribution in [0.5, 0.6) is 0 Å². The van der Waals surface area contributed by atoms with Crippen molar-refractivity contribution in [3.8, 4) is 0 Å². The third-order valence-corrected chi connectivity index (χ3v) is 2.58. The van der Waals surface area contributed by atoms with Crippen LogP contribution in [-0.4, -0.2) is 22.6 Å². The Morgan fingerprint density at radius 2 is 2.43 bits per heavy atom. The Bertz CT molecular complexity index is 308. The van der Waals surface area contributed by atoms with E-state index in [1.54, 1.807) is 18.3 Å². The van der Waals surface area contributed by atoms with E-state index in [-0.39, 0.29) is 5.91 Å². The van der Waals surface area contributed by atoms with Crippen LogP contribution < -0.4 is 5.32 Å². The lowest BCUT2D eigenvalue weighted by atomic mass is 9.85. The van der Waals surface area contributed by atoms with E-state index in [4.69, 9.17) is 0 Å². The second kappa shape index (κ2) is 4.17. The van der Waals surface area contributed by atoms with E-state index in [1.165, 1.54) is 19.3 Å². The lowest BCUT2D eigenvalue weighted by Gasteiger charge is -2.25. The summed E-state index contributed by atoms with van der Waals surface area (Å²) < 4.78 is 0. The Labute approximate surface area is 82.7 Å². The zero-order chi connectivity index (χ0) is 9.80. The standard InChI is InChI=1S/C10H13N3O/c14-10(9-5-2-6-12-13-9)11-7-8-3-1-4-8/h2,5-6,8H,1,3-4,7H2,(H,11,14). The maximum Gasteiger partial charge on any atom is 0.271 e. The van der Waals surface area contributed by atoms with Gasteiger partial charge in [-0.15, -0.1) is 5.10 Å². The van der Waals surface area contributed by atoms with Gasteiger partial charge in [-0.25, -0.2) is 0 Å². The van der Waals surface area contributed by atoms with Gasteiger partial charge in [0, 0.05) is 12.7 Å². The summed E-state index contributed by atoms with van der Waals surface area (Å²) in [6.07, 6.45) is 5.33. The third-order valence-electron chi connectivity index (χ3n) is 2.58. The van der Waals surface area contributed by atoms with Crippen LogP contribution in [0.3, 0.4) is 0 Å². The van der Waals surface area contributed by atoms with Crippen molar-refractivity contribution in [2.45, 2.75) is 19.3 Å². The lowest BCUT2D eigenvalue weighted by Crippen LogP contribution is -2.32. The van der Waals surface area contributed by atoms with Crippen LogP contribution in [0.1, 0.15) is 29.8 Å². The molecule has 4 heteroatoms. The molecular weight excluding hydrogens is 178 g/mol. The zero-order valence-electron chi connectivity index (χ0n) is 7.94. The molecule has 1 aliphatic rings. The minimum atomic E-state index is -0.120. The molecule has 0 radical (unpaired) electrons. The summed E-state index contributed by atoms with van der Waals surface area (Å²) in [5.74, 6) is 0.556. The Morgan fingerprint density at radius 1 is 1.57 bits per heavy atom. The smallest absolute Gasteiger partial charge is 0.271 e. The molecule has 0 atom stereocenters. The van der Waals surface area contributed by atoms with Crippen molar-refractivity contribution in [3.63, 3.8) is 0 Å². The van der Waals surface area contributed by atoms with Crippen molar-refractivity contribution in [2.24, 2.45) is 5.92 Å².